The highest BCUT2D eigenvalue weighted by atomic mass is 19.4. The molecule has 0 spiro atoms. The van der Waals surface area contributed by atoms with Gasteiger partial charge in [-0.15, -0.1) is 13.2 Å². The smallest absolute Gasteiger partial charge is 0.467 e. The number of benzene rings is 1. The van der Waals surface area contributed by atoms with E-state index in [9.17, 15) is 18.0 Å². The number of ether oxygens (including phenoxy) is 1. The van der Waals surface area contributed by atoms with Crippen molar-refractivity contribution in [2.45, 2.75) is 38.7 Å². The summed E-state index contributed by atoms with van der Waals surface area (Å²) in [5.74, 6) is -0.102. The van der Waals surface area contributed by atoms with Gasteiger partial charge in [0.15, 0.2) is 0 Å². The number of alkyl halides is 3. The number of rotatable bonds is 6. The van der Waals surface area contributed by atoms with Crippen LogP contribution in [0.25, 0.3) is 0 Å². The normalized spacial score (nSPS) is 13.3. The van der Waals surface area contributed by atoms with Crippen molar-refractivity contribution >= 4 is 5.91 Å². The third-order valence-electron chi connectivity index (χ3n) is 5.09. The minimum Gasteiger partial charge on any atom is -0.467 e. The number of halogens is 3. The zero-order valence-corrected chi connectivity index (χ0v) is 16.3. The van der Waals surface area contributed by atoms with E-state index in [-0.39, 0.29) is 30.3 Å². The van der Waals surface area contributed by atoms with Gasteiger partial charge in [0.1, 0.15) is 11.5 Å². The molecule has 4 rings (SSSR count). The molecule has 0 unspecified atom stereocenters. The van der Waals surface area contributed by atoms with Gasteiger partial charge in [-0.25, -0.2) is 0 Å². The van der Waals surface area contributed by atoms with Gasteiger partial charge in [0, 0.05) is 18.3 Å². The van der Waals surface area contributed by atoms with Crippen molar-refractivity contribution in [1.82, 2.24) is 14.7 Å². The summed E-state index contributed by atoms with van der Waals surface area (Å²) in [5.41, 5.74) is 3.44. The molecule has 1 aliphatic carbocycles. The standard InChI is InChI=1S/C21H20F3N3O3/c1-26-19-6-2-5-17(19)18(25-26)13-27(12-16-4-3-11-29-16)20(28)14-7-9-15(10-8-14)30-21(22,23)24/h3-4,7-11H,2,5-6,12-13H2,1H3. The zero-order valence-electron chi connectivity index (χ0n) is 16.3. The molecule has 6 nitrogen and oxygen atoms in total. The first-order valence-electron chi connectivity index (χ1n) is 9.51. The van der Waals surface area contributed by atoms with E-state index in [1.54, 1.807) is 17.0 Å². The fourth-order valence-corrected chi connectivity index (χ4v) is 3.78. The summed E-state index contributed by atoms with van der Waals surface area (Å²) in [6, 6.07) is 8.40. The number of hydrogen-bond acceptors (Lipinski definition) is 4. The number of furan rings is 1. The monoisotopic (exact) mass is 419 g/mol. The van der Waals surface area contributed by atoms with E-state index in [0.717, 1.165) is 37.1 Å². The highest BCUT2D eigenvalue weighted by Crippen LogP contribution is 2.27. The van der Waals surface area contributed by atoms with Gasteiger partial charge in [0.25, 0.3) is 5.91 Å². The summed E-state index contributed by atoms with van der Waals surface area (Å²) in [5, 5.41) is 4.58. The fraction of sp³-hybridized carbons (Fsp3) is 0.333. The molecular formula is C21H20F3N3O3. The van der Waals surface area contributed by atoms with Gasteiger partial charge in [-0.2, -0.15) is 5.10 Å². The van der Waals surface area contributed by atoms with E-state index in [4.69, 9.17) is 4.42 Å². The Hall–Kier alpha value is -3.23. The molecule has 1 aliphatic rings. The second kappa shape index (κ2) is 7.89. The third kappa shape index (κ3) is 4.34. The van der Waals surface area contributed by atoms with Crippen molar-refractivity contribution < 1.29 is 27.1 Å². The van der Waals surface area contributed by atoms with Gasteiger partial charge >= 0.3 is 6.36 Å². The summed E-state index contributed by atoms with van der Waals surface area (Å²) in [6.07, 6.45) is -0.312. The molecule has 0 aliphatic heterocycles. The van der Waals surface area contributed by atoms with Crippen molar-refractivity contribution in [2.75, 3.05) is 0 Å². The van der Waals surface area contributed by atoms with Crippen LogP contribution >= 0.6 is 0 Å². The largest absolute Gasteiger partial charge is 0.573 e. The van der Waals surface area contributed by atoms with Crippen LogP contribution in [-0.4, -0.2) is 26.9 Å². The quantitative estimate of drug-likeness (QED) is 0.600. The van der Waals surface area contributed by atoms with Crippen molar-refractivity contribution in [1.29, 1.82) is 0 Å². The van der Waals surface area contributed by atoms with Crippen LogP contribution in [0, 0.1) is 0 Å². The van der Waals surface area contributed by atoms with Crippen molar-refractivity contribution in [2.24, 2.45) is 7.05 Å². The van der Waals surface area contributed by atoms with Gasteiger partial charge in [-0.3, -0.25) is 9.48 Å². The second-order valence-corrected chi connectivity index (χ2v) is 7.16. The van der Waals surface area contributed by atoms with E-state index in [2.05, 4.69) is 9.84 Å². The summed E-state index contributed by atoms with van der Waals surface area (Å²) >= 11 is 0. The molecule has 0 saturated carbocycles. The van der Waals surface area contributed by atoms with E-state index in [0.29, 0.717) is 5.76 Å². The lowest BCUT2D eigenvalue weighted by atomic mass is 10.1. The number of fused-ring (bicyclic) bond motifs is 1. The summed E-state index contributed by atoms with van der Waals surface area (Å²) in [4.78, 5) is 14.7. The predicted octanol–water partition coefficient (Wildman–Crippen LogP) is 4.24. The van der Waals surface area contributed by atoms with Crippen molar-refractivity contribution in [3.05, 3.63) is 70.9 Å². The van der Waals surface area contributed by atoms with E-state index in [1.165, 1.54) is 29.7 Å². The maximum absolute atomic E-state index is 13.2. The third-order valence-corrected chi connectivity index (χ3v) is 5.09. The molecule has 0 N–H and O–H groups in total. The Morgan fingerprint density at radius 3 is 2.63 bits per heavy atom. The van der Waals surface area contributed by atoms with Gasteiger partial charge in [-0.05, 0) is 61.2 Å². The molecule has 3 aromatic rings. The van der Waals surface area contributed by atoms with Crippen LogP contribution in [0.3, 0.4) is 0 Å². The SMILES string of the molecule is Cn1nc(CN(Cc2ccco2)C(=O)c2ccc(OC(F)(F)F)cc2)c2c1CCC2. The van der Waals surface area contributed by atoms with Crippen LogP contribution < -0.4 is 4.74 Å². The lowest BCUT2D eigenvalue weighted by Gasteiger charge is -2.21. The highest BCUT2D eigenvalue weighted by molar-refractivity contribution is 5.94. The van der Waals surface area contributed by atoms with Gasteiger partial charge in [0.2, 0.25) is 0 Å². The number of carbonyl (C=O) groups is 1. The molecule has 158 valence electrons. The van der Waals surface area contributed by atoms with Gasteiger partial charge in [-0.1, -0.05) is 0 Å². The molecule has 9 heteroatoms. The Balaban J connectivity index is 1.58. The Kier molecular flexibility index (Phi) is 5.27. The average molecular weight is 419 g/mol. The molecule has 0 atom stereocenters. The Labute approximate surface area is 170 Å². The van der Waals surface area contributed by atoms with E-state index < -0.39 is 6.36 Å². The van der Waals surface area contributed by atoms with Crippen molar-refractivity contribution in [3.8, 4) is 5.75 Å². The van der Waals surface area contributed by atoms with E-state index in [1.807, 2.05) is 11.7 Å². The van der Waals surface area contributed by atoms with Crippen LogP contribution in [0.5, 0.6) is 5.75 Å². The molecule has 0 saturated heterocycles. The number of amides is 1. The number of aryl methyl sites for hydroxylation is 1. The first kappa shape index (κ1) is 20.1. The topological polar surface area (TPSA) is 60.5 Å². The summed E-state index contributed by atoms with van der Waals surface area (Å²) < 4.78 is 48.3. The first-order valence-corrected chi connectivity index (χ1v) is 9.51. The number of hydrogen-bond donors (Lipinski definition) is 0. The minimum absolute atomic E-state index is 0.220. The molecule has 0 fully saturated rings. The molecule has 0 radical (unpaired) electrons. The first-order chi connectivity index (χ1) is 14.3. The maximum Gasteiger partial charge on any atom is 0.573 e. The van der Waals surface area contributed by atoms with Gasteiger partial charge in [0.05, 0.1) is 25.0 Å². The van der Waals surface area contributed by atoms with Crippen LogP contribution in [0.4, 0.5) is 13.2 Å². The minimum atomic E-state index is -4.78. The molecule has 2 heterocycles. The maximum atomic E-state index is 13.2. The lowest BCUT2D eigenvalue weighted by Crippen LogP contribution is -2.30. The molecule has 30 heavy (non-hydrogen) atoms. The van der Waals surface area contributed by atoms with Crippen LogP contribution in [0.15, 0.2) is 47.1 Å². The Morgan fingerprint density at radius 1 is 1.20 bits per heavy atom. The average Bonchev–Trinajstić information content (AvgIpc) is 3.41. The molecule has 0 bridgehead atoms. The number of aromatic nitrogens is 2. The number of nitrogens with zero attached hydrogens (tertiary/aromatic N) is 3. The summed E-state index contributed by atoms with van der Waals surface area (Å²) in [6.45, 7) is 0.501. The highest BCUT2D eigenvalue weighted by Gasteiger charge is 2.31. The Bertz CT molecular complexity index is 1020. The van der Waals surface area contributed by atoms with Crippen LogP contribution in [-0.2, 0) is 33.0 Å². The van der Waals surface area contributed by atoms with Crippen molar-refractivity contribution in [3.63, 3.8) is 0 Å². The van der Waals surface area contributed by atoms with Crippen LogP contribution in [0.2, 0.25) is 0 Å². The Morgan fingerprint density at radius 2 is 1.97 bits per heavy atom. The lowest BCUT2D eigenvalue weighted by molar-refractivity contribution is -0.274. The van der Waals surface area contributed by atoms with E-state index >= 15 is 0 Å². The molecule has 1 aromatic carbocycles. The molecular weight excluding hydrogens is 399 g/mol. The van der Waals surface area contributed by atoms with Crippen LogP contribution in [0.1, 0.15) is 39.5 Å². The molecule has 2 aromatic heterocycles. The fourth-order valence-electron chi connectivity index (χ4n) is 3.78. The predicted molar refractivity (Wildman–Crippen MR) is 101 cm³/mol. The second-order valence-electron chi connectivity index (χ2n) is 7.16. The zero-order chi connectivity index (χ0) is 21.3. The van der Waals surface area contributed by atoms with Gasteiger partial charge < -0.3 is 14.1 Å². The summed E-state index contributed by atoms with van der Waals surface area (Å²) in [7, 11) is 1.89. The molecule has 1 amide bonds. The number of carbonyl (C=O) groups excluding carboxylic acids is 1.